The van der Waals surface area contributed by atoms with E-state index in [0.29, 0.717) is 0 Å². The van der Waals surface area contributed by atoms with Crippen molar-refractivity contribution in [3.05, 3.63) is 0 Å². The molecule has 0 saturated carbocycles. The molecular weight excluding hydrogens is 313 g/mol. The van der Waals surface area contributed by atoms with Gasteiger partial charge in [0, 0.05) is 0 Å². The van der Waals surface area contributed by atoms with E-state index < -0.39 is 0 Å². The number of rotatable bonds is 0. The van der Waals surface area contributed by atoms with E-state index in [4.69, 9.17) is 2.69 Å². The molecule has 0 saturated heterocycles. The van der Waals surface area contributed by atoms with E-state index in [1.165, 1.54) is 0 Å². The fourth-order valence-corrected chi connectivity index (χ4v) is 0. The molecule has 1 nitrogen and oxygen atoms in total. The normalized spacial score (nSPS) is 1.50. The van der Waals surface area contributed by atoms with Crippen LogP contribution in [-0.2, 0) is 28.5 Å². The molecule has 0 heterocycles. The third kappa shape index (κ3) is 8.87. The summed E-state index contributed by atoms with van der Waals surface area (Å²) in [7, 11) is 0. The van der Waals surface area contributed by atoms with Gasteiger partial charge in [-0.2, -0.15) is 0 Å². The van der Waals surface area contributed by atoms with Crippen LogP contribution in [0.5, 0.6) is 0 Å². The maximum absolute atomic E-state index is 8.42. The topological polar surface area (TPSA) is 17.1 Å². The van der Waals surface area contributed by atoms with Crippen molar-refractivity contribution in [1.82, 2.24) is 0 Å². The summed E-state index contributed by atoms with van der Waals surface area (Å²) in [4.78, 5) is 0. The third-order valence-electron chi connectivity index (χ3n) is 0. The van der Waals surface area contributed by atoms with Crippen LogP contribution in [0.1, 0.15) is 0 Å². The summed E-state index contributed by atoms with van der Waals surface area (Å²) in [5, 5.41) is 0. The van der Waals surface area contributed by atoms with E-state index in [0.717, 1.165) is 0 Å². The fraction of sp³-hybridized carbons (Fsp3) is 0. The van der Waals surface area contributed by atoms with Gasteiger partial charge in [0.1, 0.15) is 0 Å². The van der Waals surface area contributed by atoms with Crippen molar-refractivity contribution < 1.29 is 28.5 Å². The van der Waals surface area contributed by atoms with Crippen LogP contribution in [0.4, 0.5) is 0 Å². The monoisotopic (exact) mass is 320 g/mol. The Hall–Kier alpha value is 2.23. The van der Waals surface area contributed by atoms with Gasteiger partial charge >= 0.3 is 74.1 Å². The molecule has 0 aromatic carbocycles. The van der Waals surface area contributed by atoms with E-state index in [9.17, 15) is 0 Å². The quantitative estimate of drug-likeness (QED) is 0.452. The Bertz CT molecular complexity index is 8.00. The zero-order chi connectivity index (χ0) is 2.00. The molecule has 20 valence electrons. The molecule has 0 N–H and O–H groups in total. The molecule has 0 aliphatic rings. The number of hydrogen-bond acceptors (Lipinski definition) is 1. The Balaban J connectivity index is -0.00000000500. The first-order valence-electron chi connectivity index (χ1n) is 0.289. The Kier molecular flexibility index (Phi) is 76.9. The summed E-state index contributed by atoms with van der Waals surface area (Å²) in [6.45, 7) is 0. The predicted octanol–water partition coefficient (Wildman–Crippen LogP) is -2.49. The number of hydrogen-bond donors (Lipinski definition) is 0. The second-order valence-electron chi connectivity index (χ2n) is 0. The van der Waals surface area contributed by atoms with Gasteiger partial charge in [0.25, 0.3) is 0 Å². The molecule has 0 aliphatic heterocycles. The van der Waals surface area contributed by atoms with E-state index in [1.807, 2.05) is 0 Å². The average molecular weight is 319 g/mol. The second kappa shape index (κ2) is 18.8. The summed E-state index contributed by atoms with van der Waals surface area (Å²) in [5.41, 5.74) is 0. The van der Waals surface area contributed by atoms with Gasteiger partial charge < -0.3 is 0 Å². The maximum atomic E-state index is 8.42. The second-order valence-corrected chi connectivity index (χ2v) is 0. The van der Waals surface area contributed by atoms with Crippen LogP contribution in [0.3, 0.4) is 0 Å². The van der Waals surface area contributed by atoms with Crippen LogP contribution in [0.15, 0.2) is 0 Å². The zero-order valence-electron chi connectivity index (χ0n) is 1.12. The molecular formula is H6CdGaInO. The van der Waals surface area contributed by atoms with Gasteiger partial charge in [-0.15, -0.1) is 0 Å². The molecule has 0 spiro atoms. The van der Waals surface area contributed by atoms with Crippen LogP contribution in [0, 0.1) is 0 Å². The van der Waals surface area contributed by atoms with Crippen LogP contribution in [-0.4, -0.2) is 45.6 Å². The van der Waals surface area contributed by atoms with Gasteiger partial charge in [-0.1, -0.05) is 0 Å². The van der Waals surface area contributed by atoms with Crippen LogP contribution >= 0.6 is 0 Å². The predicted molar refractivity (Wildman–Crippen MR) is 20.6 cm³/mol. The van der Waals surface area contributed by atoms with Crippen LogP contribution < -0.4 is 0 Å². The zero-order valence-corrected chi connectivity index (χ0v) is 5.15. The van der Waals surface area contributed by atoms with Crippen LogP contribution in [0.2, 0.25) is 0 Å². The molecule has 0 aliphatic carbocycles. The summed E-state index contributed by atoms with van der Waals surface area (Å²) in [6, 6.07) is 0. The first-order valence-corrected chi connectivity index (χ1v) is 1.94. The first-order chi connectivity index (χ1) is 1.00. The van der Waals surface area contributed by atoms with E-state index in [2.05, 4.69) is 0 Å². The van der Waals surface area contributed by atoms with Crippen molar-refractivity contribution in [3.8, 4) is 0 Å². The summed E-state index contributed by atoms with van der Waals surface area (Å²) < 4.78 is 8.42. The molecule has 0 aromatic rings. The average Bonchev–Trinajstić information content (AvgIpc) is 1.00. The van der Waals surface area contributed by atoms with Crippen molar-refractivity contribution in [2.24, 2.45) is 0 Å². The van der Waals surface area contributed by atoms with Crippen molar-refractivity contribution in [2.75, 3.05) is 0 Å². The van der Waals surface area contributed by atoms with Crippen LogP contribution in [0.25, 0.3) is 0 Å². The molecule has 0 radical (unpaired) electrons. The van der Waals surface area contributed by atoms with Gasteiger partial charge in [0.15, 0.2) is 0 Å². The van der Waals surface area contributed by atoms with Gasteiger partial charge in [-0.05, 0) is 0 Å². The Morgan fingerprint density at radius 2 is 1.25 bits per heavy atom. The minimum atomic E-state index is -0.1000. The molecule has 0 atom stereocenters. The SMILES string of the molecule is [GaH3].[InH3].[O]=[Cd]. The summed E-state index contributed by atoms with van der Waals surface area (Å²) >= 11 is -0.1000. The molecule has 0 rings (SSSR count). The first kappa shape index (κ1) is 16.3. The van der Waals surface area contributed by atoms with Crippen molar-refractivity contribution in [3.63, 3.8) is 0 Å². The van der Waals surface area contributed by atoms with Gasteiger partial charge in [0.2, 0.25) is 0 Å². The molecule has 0 fully saturated rings. The Morgan fingerprint density at radius 3 is 1.25 bits per heavy atom. The minimum absolute atomic E-state index is 0. The van der Waals surface area contributed by atoms with Gasteiger partial charge in [0.05, 0.1) is 0 Å². The van der Waals surface area contributed by atoms with E-state index in [1.54, 1.807) is 0 Å². The van der Waals surface area contributed by atoms with Crippen molar-refractivity contribution in [2.45, 2.75) is 0 Å². The standard InChI is InChI=1S/Cd.Ga.In.O.6H. The fourth-order valence-electron chi connectivity index (χ4n) is 0. The van der Waals surface area contributed by atoms with E-state index >= 15 is 0 Å². The van der Waals surface area contributed by atoms with Crippen molar-refractivity contribution >= 4 is 45.6 Å². The third-order valence-corrected chi connectivity index (χ3v) is 0. The Morgan fingerprint density at radius 1 is 1.25 bits per heavy atom. The molecule has 0 bridgehead atoms. The van der Waals surface area contributed by atoms with Gasteiger partial charge in [-0.3, -0.25) is 0 Å². The molecule has 4 heteroatoms. The summed E-state index contributed by atoms with van der Waals surface area (Å²) in [5.74, 6) is 0. The molecule has 4 heavy (non-hydrogen) atoms. The molecule has 0 aromatic heterocycles. The molecule has 0 unspecified atom stereocenters. The summed E-state index contributed by atoms with van der Waals surface area (Å²) in [6.07, 6.45) is 0. The van der Waals surface area contributed by atoms with E-state index in [-0.39, 0.29) is 71.4 Å². The van der Waals surface area contributed by atoms with Crippen molar-refractivity contribution in [1.29, 1.82) is 0 Å². The Labute approximate surface area is 72.9 Å². The molecule has 0 amide bonds. The van der Waals surface area contributed by atoms with Gasteiger partial charge in [-0.25, -0.2) is 0 Å².